The number of allylic oxidation sites excluding steroid dienone is 3. The average molecular weight is 428 g/mol. The molecule has 0 atom stereocenters. The summed E-state index contributed by atoms with van der Waals surface area (Å²) in [5.74, 6) is 1.55. The van der Waals surface area contributed by atoms with Crippen LogP contribution in [0.4, 0.5) is 0 Å². The molecule has 3 heteroatoms. The van der Waals surface area contributed by atoms with Gasteiger partial charge in [-0.05, 0) is 86.0 Å². The van der Waals surface area contributed by atoms with Gasteiger partial charge in [-0.2, -0.15) is 0 Å². The van der Waals surface area contributed by atoms with Crippen molar-refractivity contribution in [2.75, 3.05) is 0 Å². The Morgan fingerprint density at radius 3 is 2.16 bits per heavy atom. The molecule has 4 rings (SSSR count). The zero-order chi connectivity index (χ0) is 22.5. The fourth-order valence-corrected chi connectivity index (χ4v) is 5.16. The first-order valence-electron chi connectivity index (χ1n) is 12.0. The summed E-state index contributed by atoms with van der Waals surface area (Å²) in [5.41, 5.74) is 21.3. The molecule has 2 aliphatic rings. The Balaban J connectivity index is 1.33. The first-order valence-corrected chi connectivity index (χ1v) is 12.0. The third-order valence-corrected chi connectivity index (χ3v) is 7.01. The minimum Gasteiger partial charge on any atom is -0.400 e. The van der Waals surface area contributed by atoms with Gasteiger partial charge in [0.05, 0.1) is 11.4 Å². The normalized spacial score (nSPS) is 21.2. The van der Waals surface area contributed by atoms with Crippen LogP contribution in [0.15, 0.2) is 83.9 Å². The van der Waals surface area contributed by atoms with Crippen LogP contribution in [0.5, 0.6) is 0 Å². The Kier molecular flexibility index (Phi) is 7.04. The van der Waals surface area contributed by atoms with Crippen molar-refractivity contribution < 1.29 is 0 Å². The van der Waals surface area contributed by atoms with Crippen molar-refractivity contribution in [3.05, 3.63) is 95.0 Å². The third kappa shape index (κ3) is 5.45. The molecule has 0 amide bonds. The monoisotopic (exact) mass is 427 g/mol. The Bertz CT molecular complexity index is 988. The summed E-state index contributed by atoms with van der Waals surface area (Å²) in [6, 6.07) is 18.0. The lowest BCUT2D eigenvalue weighted by Crippen LogP contribution is -2.25. The van der Waals surface area contributed by atoms with Gasteiger partial charge in [0.15, 0.2) is 0 Å². The Morgan fingerprint density at radius 1 is 0.938 bits per heavy atom. The van der Waals surface area contributed by atoms with E-state index in [2.05, 4.69) is 67.4 Å². The fourth-order valence-electron chi connectivity index (χ4n) is 5.16. The maximum atomic E-state index is 6.12. The highest BCUT2D eigenvalue weighted by molar-refractivity contribution is 5.64. The molecule has 3 nitrogen and oxygen atoms in total. The average Bonchev–Trinajstić information content (AvgIpc) is 2.79. The molecule has 0 aromatic heterocycles. The molecule has 168 valence electrons. The summed E-state index contributed by atoms with van der Waals surface area (Å²) >= 11 is 0. The molecule has 0 unspecified atom stereocenters. The topological polar surface area (TPSA) is 64.1 Å². The highest BCUT2D eigenvalue weighted by Gasteiger charge is 2.22. The number of nitrogens with two attached hydrogens (primary N) is 2. The van der Waals surface area contributed by atoms with Crippen molar-refractivity contribution in [2.45, 2.75) is 64.3 Å². The quantitative estimate of drug-likeness (QED) is 0.443. The second kappa shape index (κ2) is 10.1. The van der Waals surface area contributed by atoms with Crippen LogP contribution in [0.2, 0.25) is 0 Å². The molecular weight excluding hydrogens is 390 g/mol. The van der Waals surface area contributed by atoms with Crippen LogP contribution >= 0.6 is 0 Å². The molecule has 1 fully saturated rings. The van der Waals surface area contributed by atoms with E-state index in [4.69, 9.17) is 11.5 Å². The van der Waals surface area contributed by atoms with Gasteiger partial charge >= 0.3 is 0 Å². The van der Waals surface area contributed by atoms with E-state index < -0.39 is 0 Å². The van der Waals surface area contributed by atoms with Crippen LogP contribution in [-0.4, -0.2) is 0 Å². The van der Waals surface area contributed by atoms with Gasteiger partial charge in [-0.25, -0.2) is 0 Å². The number of rotatable bonds is 7. The zero-order valence-corrected chi connectivity index (χ0v) is 19.4. The van der Waals surface area contributed by atoms with Gasteiger partial charge in [0.1, 0.15) is 0 Å². The first kappa shape index (κ1) is 22.3. The number of nitrogens with one attached hydrogen (secondary N) is 1. The van der Waals surface area contributed by atoms with Crippen molar-refractivity contribution in [1.82, 2.24) is 5.32 Å². The van der Waals surface area contributed by atoms with Crippen LogP contribution in [0.25, 0.3) is 11.1 Å². The largest absolute Gasteiger partial charge is 0.400 e. The second-order valence-electron chi connectivity index (χ2n) is 9.65. The van der Waals surface area contributed by atoms with E-state index in [0.29, 0.717) is 5.92 Å². The summed E-state index contributed by atoms with van der Waals surface area (Å²) in [7, 11) is 0. The molecule has 0 aliphatic heterocycles. The van der Waals surface area contributed by atoms with Gasteiger partial charge in [0.25, 0.3) is 0 Å². The smallest absolute Gasteiger partial charge is 0.0763 e. The van der Waals surface area contributed by atoms with Crippen molar-refractivity contribution in [2.24, 2.45) is 17.4 Å². The molecule has 32 heavy (non-hydrogen) atoms. The molecule has 0 saturated heterocycles. The Morgan fingerprint density at radius 2 is 1.56 bits per heavy atom. The van der Waals surface area contributed by atoms with Crippen LogP contribution < -0.4 is 16.8 Å². The van der Waals surface area contributed by atoms with Crippen molar-refractivity contribution in [3.8, 4) is 11.1 Å². The predicted octanol–water partition coefficient (Wildman–Crippen LogP) is 6.49. The Hall–Kier alpha value is -2.94. The van der Waals surface area contributed by atoms with E-state index in [1.165, 1.54) is 59.9 Å². The maximum Gasteiger partial charge on any atom is 0.0763 e. The molecule has 5 N–H and O–H groups in total. The second-order valence-corrected chi connectivity index (χ2v) is 9.65. The van der Waals surface area contributed by atoms with E-state index in [1.54, 1.807) is 0 Å². The fraction of sp³-hybridized carbons (Fsp3) is 0.379. The molecule has 1 saturated carbocycles. The van der Waals surface area contributed by atoms with Gasteiger partial charge < -0.3 is 16.8 Å². The van der Waals surface area contributed by atoms with Gasteiger partial charge in [0, 0.05) is 12.2 Å². The van der Waals surface area contributed by atoms with Crippen molar-refractivity contribution in [1.29, 1.82) is 0 Å². The number of hydrogen-bond acceptors (Lipinski definition) is 3. The van der Waals surface area contributed by atoms with Crippen LogP contribution in [0.3, 0.4) is 0 Å². The summed E-state index contributed by atoms with van der Waals surface area (Å²) < 4.78 is 0. The highest BCUT2D eigenvalue weighted by Crippen LogP contribution is 2.38. The summed E-state index contributed by atoms with van der Waals surface area (Å²) in [5, 5.41) is 3.41. The summed E-state index contributed by atoms with van der Waals surface area (Å²) in [6.45, 7) is 6.97. The molecule has 2 aliphatic carbocycles. The summed E-state index contributed by atoms with van der Waals surface area (Å²) in [6.07, 6.45) is 10.3. The molecule has 2 aromatic carbocycles. The third-order valence-electron chi connectivity index (χ3n) is 7.01. The lowest BCUT2D eigenvalue weighted by Gasteiger charge is -2.29. The molecule has 0 bridgehead atoms. The standard InChI is InChI=1S/C29H37N3/c1-20(2)18-21-6-10-23(11-7-21)25-14-16-26(17-15-25)24-12-8-22(9-13-24)19-32-29-27(30)4-3-5-28(29)31/h4,8-9,12-17,21,23,32H,1,3,5-7,10-11,18-19,30-31H2,2H3. The van der Waals surface area contributed by atoms with Gasteiger partial charge in [-0.1, -0.05) is 60.2 Å². The number of hydrogen-bond donors (Lipinski definition) is 3. The zero-order valence-electron chi connectivity index (χ0n) is 19.4. The maximum absolute atomic E-state index is 6.12. The van der Waals surface area contributed by atoms with Crippen molar-refractivity contribution >= 4 is 0 Å². The van der Waals surface area contributed by atoms with Crippen LogP contribution in [-0.2, 0) is 6.54 Å². The molecule has 0 radical (unpaired) electrons. The summed E-state index contributed by atoms with van der Waals surface area (Å²) in [4.78, 5) is 0. The Labute approximate surface area is 193 Å². The van der Waals surface area contributed by atoms with E-state index >= 15 is 0 Å². The first-order chi connectivity index (χ1) is 15.5. The van der Waals surface area contributed by atoms with E-state index in [1.807, 2.05) is 6.08 Å². The lowest BCUT2D eigenvalue weighted by atomic mass is 9.76. The molecule has 2 aromatic rings. The molecular formula is C29H37N3. The minimum absolute atomic E-state index is 0.710. The predicted molar refractivity (Wildman–Crippen MR) is 136 cm³/mol. The van der Waals surface area contributed by atoms with Gasteiger partial charge in [-0.3, -0.25) is 0 Å². The minimum atomic E-state index is 0.710. The van der Waals surface area contributed by atoms with Gasteiger partial charge in [0.2, 0.25) is 0 Å². The van der Waals surface area contributed by atoms with E-state index in [-0.39, 0.29) is 0 Å². The van der Waals surface area contributed by atoms with E-state index in [0.717, 1.165) is 42.4 Å². The molecule has 0 spiro atoms. The van der Waals surface area contributed by atoms with Crippen molar-refractivity contribution in [3.63, 3.8) is 0 Å². The van der Waals surface area contributed by atoms with Gasteiger partial charge in [-0.15, -0.1) is 6.58 Å². The van der Waals surface area contributed by atoms with Crippen LogP contribution in [0.1, 0.15) is 68.9 Å². The lowest BCUT2D eigenvalue weighted by molar-refractivity contribution is 0.324. The molecule has 0 heterocycles. The van der Waals surface area contributed by atoms with Crippen LogP contribution in [0, 0.1) is 5.92 Å². The number of benzene rings is 2. The highest BCUT2D eigenvalue weighted by atomic mass is 14.9. The SMILES string of the molecule is C=C(C)CC1CCC(c2ccc(-c3ccc(CNC4=C(N)CCC=C4N)cc3)cc2)CC1. The van der Waals surface area contributed by atoms with E-state index in [9.17, 15) is 0 Å².